The SMILES string of the molecule is c1ccc(C23OC(c4ccccc4)(C4=C2CCC4)c2ccccc23)cc1. The molecule has 3 aromatic carbocycles. The Morgan fingerprint density at radius 2 is 0.962 bits per heavy atom. The first-order valence-electron chi connectivity index (χ1n) is 9.51. The Hall–Kier alpha value is -2.64. The Morgan fingerprint density at radius 1 is 0.538 bits per heavy atom. The summed E-state index contributed by atoms with van der Waals surface area (Å²) in [7, 11) is 0. The van der Waals surface area contributed by atoms with Gasteiger partial charge in [-0.1, -0.05) is 84.9 Å². The minimum Gasteiger partial charge on any atom is -0.341 e. The Kier molecular flexibility index (Phi) is 2.77. The normalized spacial score (nSPS) is 28.3. The summed E-state index contributed by atoms with van der Waals surface area (Å²) in [6, 6.07) is 30.5. The van der Waals surface area contributed by atoms with Crippen LogP contribution in [0.4, 0.5) is 0 Å². The minimum absolute atomic E-state index is 0.417. The molecule has 2 bridgehead atoms. The number of hydrogen-bond donors (Lipinski definition) is 0. The van der Waals surface area contributed by atoms with E-state index in [0.29, 0.717) is 0 Å². The molecule has 0 saturated heterocycles. The fourth-order valence-electron chi connectivity index (χ4n) is 5.53. The molecular formula is C25H20O. The van der Waals surface area contributed by atoms with Crippen LogP contribution in [0.3, 0.4) is 0 Å². The number of hydrogen-bond acceptors (Lipinski definition) is 1. The van der Waals surface area contributed by atoms with Gasteiger partial charge in [0, 0.05) is 0 Å². The first-order valence-corrected chi connectivity index (χ1v) is 9.51. The molecule has 2 atom stereocenters. The van der Waals surface area contributed by atoms with Crippen molar-refractivity contribution in [3.63, 3.8) is 0 Å². The maximum absolute atomic E-state index is 7.18. The van der Waals surface area contributed by atoms with Gasteiger partial charge in [-0.2, -0.15) is 0 Å². The zero-order valence-corrected chi connectivity index (χ0v) is 14.6. The third-order valence-corrected chi connectivity index (χ3v) is 6.42. The number of fused-ring (bicyclic) bond motifs is 7. The third kappa shape index (κ3) is 1.52. The average molecular weight is 336 g/mol. The number of rotatable bonds is 2. The smallest absolute Gasteiger partial charge is 0.142 e. The van der Waals surface area contributed by atoms with Crippen molar-refractivity contribution in [2.75, 3.05) is 0 Å². The van der Waals surface area contributed by atoms with Crippen LogP contribution in [0, 0.1) is 0 Å². The largest absolute Gasteiger partial charge is 0.341 e. The van der Waals surface area contributed by atoms with Crippen LogP contribution in [0.5, 0.6) is 0 Å². The molecule has 2 aliphatic heterocycles. The number of benzene rings is 3. The fraction of sp³-hybridized carbons (Fsp3) is 0.200. The Balaban J connectivity index is 1.73. The topological polar surface area (TPSA) is 9.23 Å². The molecule has 1 heteroatoms. The second kappa shape index (κ2) is 4.96. The first-order chi connectivity index (χ1) is 12.9. The molecule has 0 amide bonds. The van der Waals surface area contributed by atoms with Crippen LogP contribution < -0.4 is 0 Å². The highest BCUT2D eigenvalue weighted by molar-refractivity contribution is 5.68. The Labute approximate surface area is 154 Å². The van der Waals surface area contributed by atoms with Gasteiger partial charge in [-0.3, -0.25) is 0 Å². The van der Waals surface area contributed by atoms with E-state index in [2.05, 4.69) is 84.9 Å². The van der Waals surface area contributed by atoms with Gasteiger partial charge in [-0.15, -0.1) is 0 Å². The van der Waals surface area contributed by atoms with Crippen LogP contribution in [0.1, 0.15) is 41.5 Å². The molecule has 0 fully saturated rings. The van der Waals surface area contributed by atoms with Crippen LogP contribution in [-0.2, 0) is 15.9 Å². The minimum atomic E-state index is -0.417. The monoisotopic (exact) mass is 336 g/mol. The maximum atomic E-state index is 7.18. The lowest BCUT2D eigenvalue weighted by molar-refractivity contribution is -0.0365. The molecule has 0 aromatic heterocycles. The van der Waals surface area contributed by atoms with Gasteiger partial charge < -0.3 is 4.74 Å². The molecule has 0 N–H and O–H groups in total. The van der Waals surface area contributed by atoms with Crippen molar-refractivity contribution in [3.8, 4) is 0 Å². The van der Waals surface area contributed by atoms with E-state index in [1.807, 2.05) is 0 Å². The van der Waals surface area contributed by atoms with Gasteiger partial charge in [-0.05, 0) is 52.7 Å². The molecule has 2 heterocycles. The van der Waals surface area contributed by atoms with Crippen LogP contribution in [0.15, 0.2) is 96.1 Å². The standard InChI is InChI=1S/C25H20O/c1-3-10-18(11-4-1)24-20-14-7-8-15-21(20)25(26-24,19-12-5-2-6-13-19)23-17-9-16-22(23)24/h1-8,10-15H,9,16-17H2. The highest BCUT2D eigenvalue weighted by atomic mass is 16.5. The summed E-state index contributed by atoms with van der Waals surface area (Å²) in [5.74, 6) is 0. The van der Waals surface area contributed by atoms with Gasteiger partial charge in [0.15, 0.2) is 0 Å². The van der Waals surface area contributed by atoms with E-state index in [1.165, 1.54) is 39.8 Å². The van der Waals surface area contributed by atoms with E-state index in [1.54, 1.807) is 0 Å². The maximum Gasteiger partial charge on any atom is 0.142 e. The van der Waals surface area contributed by atoms with Crippen molar-refractivity contribution in [1.82, 2.24) is 0 Å². The lowest BCUT2D eigenvalue weighted by Gasteiger charge is -2.31. The molecule has 126 valence electrons. The summed E-state index contributed by atoms with van der Waals surface area (Å²) in [5.41, 5.74) is 7.36. The van der Waals surface area contributed by atoms with Crippen LogP contribution in [0.25, 0.3) is 0 Å². The molecule has 3 aliphatic rings. The average Bonchev–Trinajstić information content (AvgIpc) is 3.39. The zero-order valence-electron chi connectivity index (χ0n) is 14.6. The van der Waals surface area contributed by atoms with Crippen LogP contribution >= 0.6 is 0 Å². The second-order valence-electron chi connectivity index (χ2n) is 7.55. The first kappa shape index (κ1) is 14.5. The van der Waals surface area contributed by atoms with E-state index < -0.39 is 11.2 Å². The molecule has 6 rings (SSSR count). The summed E-state index contributed by atoms with van der Waals surface area (Å²) in [5, 5.41) is 0. The van der Waals surface area contributed by atoms with E-state index in [9.17, 15) is 0 Å². The molecule has 0 radical (unpaired) electrons. The van der Waals surface area contributed by atoms with E-state index in [-0.39, 0.29) is 0 Å². The molecule has 26 heavy (non-hydrogen) atoms. The van der Waals surface area contributed by atoms with Gasteiger partial charge in [-0.25, -0.2) is 0 Å². The summed E-state index contributed by atoms with van der Waals surface area (Å²) in [4.78, 5) is 0. The highest BCUT2D eigenvalue weighted by Crippen LogP contribution is 2.69. The van der Waals surface area contributed by atoms with Crippen LogP contribution in [-0.4, -0.2) is 0 Å². The number of ether oxygens (including phenoxy) is 1. The summed E-state index contributed by atoms with van der Waals surface area (Å²) in [6.45, 7) is 0. The van der Waals surface area contributed by atoms with E-state index >= 15 is 0 Å². The van der Waals surface area contributed by atoms with Crippen LogP contribution in [0.2, 0.25) is 0 Å². The third-order valence-electron chi connectivity index (χ3n) is 6.42. The highest BCUT2D eigenvalue weighted by Gasteiger charge is 2.65. The van der Waals surface area contributed by atoms with Crippen molar-refractivity contribution in [3.05, 3.63) is 118 Å². The Bertz CT molecular complexity index is 952. The van der Waals surface area contributed by atoms with Gasteiger partial charge >= 0.3 is 0 Å². The lowest BCUT2D eigenvalue weighted by Crippen LogP contribution is -2.29. The predicted octanol–water partition coefficient (Wildman–Crippen LogP) is 5.70. The van der Waals surface area contributed by atoms with E-state index in [0.717, 1.165) is 12.8 Å². The summed E-state index contributed by atoms with van der Waals surface area (Å²) < 4.78 is 7.18. The summed E-state index contributed by atoms with van der Waals surface area (Å²) >= 11 is 0. The predicted molar refractivity (Wildman–Crippen MR) is 103 cm³/mol. The Morgan fingerprint density at radius 3 is 1.42 bits per heavy atom. The molecule has 1 aliphatic carbocycles. The lowest BCUT2D eigenvalue weighted by atomic mass is 9.69. The second-order valence-corrected chi connectivity index (χ2v) is 7.55. The van der Waals surface area contributed by atoms with Gasteiger partial charge in [0.05, 0.1) is 0 Å². The fourth-order valence-corrected chi connectivity index (χ4v) is 5.53. The quantitative estimate of drug-likeness (QED) is 0.546. The molecule has 1 nitrogen and oxygen atoms in total. The van der Waals surface area contributed by atoms with Gasteiger partial charge in [0.2, 0.25) is 0 Å². The molecule has 0 spiro atoms. The molecule has 0 saturated carbocycles. The van der Waals surface area contributed by atoms with Gasteiger partial charge in [0.25, 0.3) is 0 Å². The van der Waals surface area contributed by atoms with Gasteiger partial charge in [0.1, 0.15) is 11.2 Å². The zero-order chi connectivity index (χ0) is 17.2. The molecule has 2 unspecified atom stereocenters. The molecular weight excluding hydrogens is 316 g/mol. The summed E-state index contributed by atoms with van der Waals surface area (Å²) in [6.07, 6.45) is 3.49. The van der Waals surface area contributed by atoms with Crippen molar-refractivity contribution in [2.24, 2.45) is 0 Å². The van der Waals surface area contributed by atoms with Crippen molar-refractivity contribution < 1.29 is 4.74 Å². The van der Waals surface area contributed by atoms with E-state index in [4.69, 9.17) is 4.74 Å². The van der Waals surface area contributed by atoms with Crippen molar-refractivity contribution >= 4 is 0 Å². The molecule has 3 aromatic rings. The van der Waals surface area contributed by atoms with Crippen molar-refractivity contribution in [2.45, 2.75) is 30.5 Å². The van der Waals surface area contributed by atoms with Crippen molar-refractivity contribution in [1.29, 1.82) is 0 Å².